The first kappa shape index (κ1) is 41.2. The molecule has 0 fully saturated rings. The van der Waals surface area contributed by atoms with Crippen molar-refractivity contribution in [2.24, 2.45) is 0 Å². The summed E-state index contributed by atoms with van der Waals surface area (Å²) in [4.78, 5) is 21.0. The van der Waals surface area contributed by atoms with Gasteiger partial charge in [-0.25, -0.2) is 15.0 Å². The van der Waals surface area contributed by atoms with Crippen LogP contribution in [0.15, 0.2) is 164 Å². The van der Waals surface area contributed by atoms with E-state index < -0.39 is 0 Å². The van der Waals surface area contributed by atoms with Crippen molar-refractivity contribution >= 4 is 34.1 Å². The van der Waals surface area contributed by atoms with Gasteiger partial charge in [-0.1, -0.05) is 184 Å². The first-order valence-corrected chi connectivity index (χ1v) is 22.6. The maximum atomic E-state index is 5.51. The molecule has 2 aliphatic heterocycles. The molecule has 0 amide bonds. The summed E-state index contributed by atoms with van der Waals surface area (Å²) >= 11 is 0. The Balaban J connectivity index is 1.20. The second-order valence-electron chi connectivity index (χ2n) is 20.6. The van der Waals surface area contributed by atoms with Gasteiger partial charge in [0.25, 0.3) is 0 Å². The van der Waals surface area contributed by atoms with Crippen LogP contribution >= 0.6 is 0 Å². The fourth-order valence-electron chi connectivity index (χ4n) is 9.91. The Labute approximate surface area is 379 Å². The van der Waals surface area contributed by atoms with Gasteiger partial charge in [-0.3, -0.25) is 0 Å². The minimum absolute atomic E-state index is 0.000148. The molecule has 3 heterocycles. The summed E-state index contributed by atoms with van der Waals surface area (Å²) in [6.45, 7) is 23.2. The Bertz CT molecular complexity index is 2900. The third kappa shape index (κ3) is 6.72. The predicted molar refractivity (Wildman–Crippen MR) is 267 cm³/mol. The highest BCUT2D eigenvalue weighted by molar-refractivity contribution is 5.94. The molecule has 10 rings (SSSR count). The lowest BCUT2D eigenvalue weighted by Crippen LogP contribution is -2.31. The zero-order valence-corrected chi connectivity index (χ0v) is 38.8. The lowest BCUT2D eigenvalue weighted by Gasteiger charge is -2.43. The Morgan fingerprint density at radius 3 is 1.11 bits per heavy atom. The molecule has 64 heavy (non-hydrogen) atoms. The van der Waals surface area contributed by atoms with Crippen LogP contribution in [0.1, 0.15) is 103 Å². The number of nitrogens with zero attached hydrogens (tertiary/aromatic N) is 5. The van der Waals surface area contributed by atoms with E-state index in [9.17, 15) is 0 Å². The summed E-state index contributed by atoms with van der Waals surface area (Å²) in [5.41, 5.74) is 16.7. The predicted octanol–water partition coefficient (Wildman–Crippen LogP) is 15.7. The van der Waals surface area contributed by atoms with E-state index in [1.165, 1.54) is 33.4 Å². The maximum absolute atomic E-state index is 5.51. The quantitative estimate of drug-likeness (QED) is 0.173. The number of hydrogen-bond acceptors (Lipinski definition) is 5. The molecule has 0 saturated carbocycles. The average Bonchev–Trinajstić information content (AvgIpc) is 3.29. The molecule has 5 heteroatoms. The molecule has 0 N–H and O–H groups in total. The zero-order valence-electron chi connectivity index (χ0n) is 38.8. The van der Waals surface area contributed by atoms with Crippen LogP contribution in [0.25, 0.3) is 34.2 Å². The first-order chi connectivity index (χ1) is 30.5. The van der Waals surface area contributed by atoms with Crippen LogP contribution in [0, 0.1) is 0 Å². The molecule has 0 unspecified atom stereocenters. The molecule has 0 radical (unpaired) electrons. The van der Waals surface area contributed by atoms with E-state index in [0.717, 1.165) is 50.8 Å². The highest BCUT2D eigenvalue weighted by atomic mass is 15.2. The molecular formula is C59H57N5. The van der Waals surface area contributed by atoms with Crippen LogP contribution in [-0.2, 0) is 21.7 Å². The largest absolute Gasteiger partial charge is 0.309 e. The molecule has 0 saturated heterocycles. The zero-order chi connectivity index (χ0) is 44.8. The summed E-state index contributed by atoms with van der Waals surface area (Å²) < 4.78 is 0. The molecule has 8 aromatic rings. The first-order valence-electron chi connectivity index (χ1n) is 22.6. The number of anilines is 6. The molecule has 0 spiro atoms. The maximum Gasteiger partial charge on any atom is 0.166 e. The van der Waals surface area contributed by atoms with Crippen molar-refractivity contribution in [1.29, 1.82) is 0 Å². The molecule has 7 aromatic carbocycles. The van der Waals surface area contributed by atoms with Crippen LogP contribution < -0.4 is 9.80 Å². The van der Waals surface area contributed by atoms with Gasteiger partial charge in [0.1, 0.15) is 0 Å². The Hall–Kier alpha value is -6.85. The van der Waals surface area contributed by atoms with E-state index in [-0.39, 0.29) is 21.7 Å². The van der Waals surface area contributed by atoms with Gasteiger partial charge in [0, 0.05) is 27.5 Å². The molecule has 5 nitrogen and oxygen atoms in total. The van der Waals surface area contributed by atoms with Gasteiger partial charge in [-0.05, 0) is 92.7 Å². The summed E-state index contributed by atoms with van der Waals surface area (Å²) in [6, 6.07) is 59.2. The van der Waals surface area contributed by atoms with Crippen LogP contribution in [0.2, 0.25) is 0 Å². The molecule has 2 aliphatic rings. The fraction of sp³-hybridized carbons (Fsp3) is 0.237. The van der Waals surface area contributed by atoms with Gasteiger partial charge in [0.15, 0.2) is 17.5 Å². The molecule has 0 atom stereocenters. The van der Waals surface area contributed by atoms with Crippen molar-refractivity contribution in [2.45, 2.75) is 90.9 Å². The van der Waals surface area contributed by atoms with E-state index in [1.807, 2.05) is 18.2 Å². The van der Waals surface area contributed by atoms with Gasteiger partial charge in [-0.15, -0.1) is 0 Å². The highest BCUT2D eigenvalue weighted by Gasteiger charge is 2.40. The lowest BCUT2D eigenvalue weighted by atomic mass is 9.71. The number of hydrogen-bond donors (Lipinski definition) is 0. The molecule has 0 bridgehead atoms. The van der Waals surface area contributed by atoms with E-state index in [0.29, 0.717) is 17.5 Å². The third-order valence-corrected chi connectivity index (χ3v) is 13.6. The summed E-state index contributed by atoms with van der Waals surface area (Å²) in [5.74, 6) is 1.84. The SMILES string of the molecule is CC(C)(C)c1ccc2c(c1)C(C)(C)c1ccccc1N2c1ccccc1-c1nc(-c2ccccc2)nc(-c2ccccc2N2c3ccccc3C(C)(C)c3cc(C(C)(C)C)ccc32)n1. The van der Waals surface area contributed by atoms with Crippen molar-refractivity contribution < 1.29 is 0 Å². The monoisotopic (exact) mass is 835 g/mol. The van der Waals surface area contributed by atoms with Crippen LogP contribution in [-0.4, -0.2) is 15.0 Å². The summed E-state index contributed by atoms with van der Waals surface area (Å²) in [6.07, 6.45) is 0. The van der Waals surface area contributed by atoms with Crippen molar-refractivity contribution in [3.05, 3.63) is 197 Å². The second-order valence-corrected chi connectivity index (χ2v) is 20.6. The third-order valence-electron chi connectivity index (χ3n) is 13.6. The number of para-hydroxylation sites is 4. The average molecular weight is 836 g/mol. The fourth-order valence-corrected chi connectivity index (χ4v) is 9.91. The van der Waals surface area contributed by atoms with Crippen molar-refractivity contribution in [2.75, 3.05) is 9.80 Å². The summed E-state index contributed by atoms with van der Waals surface area (Å²) in [5, 5.41) is 0. The van der Waals surface area contributed by atoms with E-state index in [4.69, 9.17) is 15.0 Å². The Morgan fingerprint density at radius 1 is 0.344 bits per heavy atom. The highest BCUT2D eigenvalue weighted by Crippen LogP contribution is 2.56. The molecule has 0 aliphatic carbocycles. The minimum Gasteiger partial charge on any atom is -0.309 e. The van der Waals surface area contributed by atoms with E-state index in [2.05, 4.69) is 225 Å². The normalized spacial score (nSPS) is 14.9. The minimum atomic E-state index is -0.224. The Morgan fingerprint density at radius 2 is 0.688 bits per heavy atom. The molecule has 318 valence electrons. The second kappa shape index (κ2) is 14.9. The molecular weight excluding hydrogens is 779 g/mol. The van der Waals surface area contributed by atoms with Gasteiger partial charge in [-0.2, -0.15) is 0 Å². The molecule has 1 aromatic heterocycles. The van der Waals surface area contributed by atoms with Gasteiger partial charge >= 0.3 is 0 Å². The standard InChI is InChI=1S/C59H57N5/c1-56(2,3)39-32-34-51-45(36-39)58(7,8)43-26-16-20-30-49(43)63(51)47-28-18-14-24-41(47)54-60-53(38-22-12-11-13-23-38)61-55(62-54)42-25-15-19-29-48(42)64-50-31-21-17-27-44(50)59(9,10)46-37-40(57(4,5)6)33-35-52(46)64/h11-37H,1-10H3. The van der Waals surface area contributed by atoms with E-state index in [1.54, 1.807) is 0 Å². The number of aromatic nitrogens is 3. The number of benzene rings is 7. The van der Waals surface area contributed by atoms with Gasteiger partial charge in [0.2, 0.25) is 0 Å². The van der Waals surface area contributed by atoms with Crippen molar-refractivity contribution in [1.82, 2.24) is 15.0 Å². The van der Waals surface area contributed by atoms with Gasteiger partial charge < -0.3 is 9.80 Å². The van der Waals surface area contributed by atoms with Crippen molar-refractivity contribution in [3.63, 3.8) is 0 Å². The van der Waals surface area contributed by atoms with E-state index >= 15 is 0 Å². The van der Waals surface area contributed by atoms with Gasteiger partial charge in [0.05, 0.1) is 34.1 Å². The van der Waals surface area contributed by atoms with Crippen LogP contribution in [0.3, 0.4) is 0 Å². The number of fused-ring (bicyclic) bond motifs is 4. The van der Waals surface area contributed by atoms with Crippen LogP contribution in [0.4, 0.5) is 34.1 Å². The van der Waals surface area contributed by atoms with Crippen molar-refractivity contribution in [3.8, 4) is 34.2 Å². The lowest BCUT2D eigenvalue weighted by molar-refractivity contribution is 0.580. The topological polar surface area (TPSA) is 45.2 Å². The van der Waals surface area contributed by atoms with Crippen LogP contribution in [0.5, 0.6) is 0 Å². The Kier molecular flexibility index (Phi) is 9.57. The number of rotatable bonds is 5. The smallest absolute Gasteiger partial charge is 0.166 e. The summed E-state index contributed by atoms with van der Waals surface area (Å²) in [7, 11) is 0.